The molecule has 0 unspecified atom stereocenters. The van der Waals surface area contributed by atoms with E-state index in [1.54, 1.807) is 18.2 Å². The van der Waals surface area contributed by atoms with E-state index < -0.39 is 5.25 Å². The molecule has 1 aliphatic heterocycles. The van der Waals surface area contributed by atoms with E-state index in [2.05, 4.69) is 10.3 Å². The molecule has 1 aromatic carbocycles. The monoisotopic (exact) mass is 427 g/mol. The van der Waals surface area contributed by atoms with Crippen molar-refractivity contribution < 1.29 is 9.59 Å². The number of aliphatic imine (C=N–C) groups is 1. The fraction of sp³-hybridized carbons (Fsp3) is 0.526. The summed E-state index contributed by atoms with van der Waals surface area (Å²) in [5.41, 5.74) is 0.494. The first-order valence-electron chi connectivity index (χ1n) is 9.28. The van der Waals surface area contributed by atoms with Crippen LogP contribution in [0.1, 0.15) is 45.4 Å². The van der Waals surface area contributed by atoms with Gasteiger partial charge in [-0.25, -0.2) is 0 Å². The lowest BCUT2D eigenvalue weighted by atomic mass is 9.94. The van der Waals surface area contributed by atoms with E-state index in [0.29, 0.717) is 22.3 Å². The Labute approximate surface area is 173 Å². The Morgan fingerprint density at radius 3 is 2.70 bits per heavy atom. The predicted octanol–water partition coefficient (Wildman–Crippen LogP) is 4.97. The topological polar surface area (TPSA) is 61.8 Å². The third-order valence-corrected chi connectivity index (χ3v) is 6.51. The first-order chi connectivity index (χ1) is 13.0. The highest BCUT2D eigenvalue weighted by molar-refractivity contribution is 8.15. The summed E-state index contributed by atoms with van der Waals surface area (Å²) >= 11 is 13.4. The van der Waals surface area contributed by atoms with E-state index in [0.717, 1.165) is 30.9 Å². The molecular formula is C19H23Cl2N3O2S. The molecule has 146 valence electrons. The molecule has 1 aromatic rings. The minimum absolute atomic E-state index is 0.00328. The number of rotatable bonds is 5. The number of hydrogen-bond donors (Lipinski definition) is 1. The number of hydrogen-bond acceptors (Lipinski definition) is 4. The third kappa shape index (κ3) is 4.98. The van der Waals surface area contributed by atoms with Crippen molar-refractivity contribution in [1.29, 1.82) is 0 Å². The van der Waals surface area contributed by atoms with Crippen LogP contribution in [-0.4, -0.2) is 39.7 Å². The zero-order valence-electron chi connectivity index (χ0n) is 15.2. The molecule has 3 rings (SSSR count). The second-order valence-electron chi connectivity index (χ2n) is 6.74. The molecule has 0 spiro atoms. The fourth-order valence-electron chi connectivity index (χ4n) is 3.50. The molecule has 1 heterocycles. The number of anilines is 1. The smallest absolute Gasteiger partial charge is 0.242 e. The predicted molar refractivity (Wildman–Crippen MR) is 113 cm³/mol. The number of halogens is 2. The van der Waals surface area contributed by atoms with Crippen LogP contribution >= 0.6 is 35.0 Å². The molecule has 0 bridgehead atoms. The quantitative estimate of drug-likeness (QED) is 0.720. The molecule has 27 heavy (non-hydrogen) atoms. The molecule has 5 nitrogen and oxygen atoms in total. The van der Waals surface area contributed by atoms with Crippen LogP contribution in [-0.2, 0) is 9.59 Å². The molecule has 0 aromatic heterocycles. The summed E-state index contributed by atoms with van der Waals surface area (Å²) in [5.74, 6) is -0.247. The Morgan fingerprint density at radius 1 is 1.30 bits per heavy atom. The van der Waals surface area contributed by atoms with Crippen molar-refractivity contribution in [3.63, 3.8) is 0 Å². The van der Waals surface area contributed by atoms with E-state index >= 15 is 0 Å². The minimum atomic E-state index is -0.441. The van der Waals surface area contributed by atoms with E-state index in [1.165, 1.54) is 18.2 Å². The third-order valence-electron chi connectivity index (χ3n) is 4.78. The number of benzene rings is 1. The molecule has 1 saturated carbocycles. The maximum atomic E-state index is 13.0. The zero-order valence-corrected chi connectivity index (χ0v) is 17.5. The Kier molecular flexibility index (Phi) is 7.06. The number of amidine groups is 1. The fourth-order valence-corrected chi connectivity index (χ4v) is 5.21. The van der Waals surface area contributed by atoms with E-state index in [1.807, 2.05) is 11.8 Å². The first-order valence-corrected chi connectivity index (χ1v) is 10.9. The Hall–Kier alpha value is -1.24. The average Bonchev–Trinajstić information content (AvgIpc) is 2.94. The molecule has 1 aliphatic carbocycles. The minimum Gasteiger partial charge on any atom is -0.325 e. The van der Waals surface area contributed by atoms with Gasteiger partial charge in [0.1, 0.15) is 5.25 Å². The molecule has 1 saturated heterocycles. The van der Waals surface area contributed by atoms with Crippen molar-refractivity contribution in [1.82, 2.24) is 4.90 Å². The van der Waals surface area contributed by atoms with E-state index in [4.69, 9.17) is 23.2 Å². The van der Waals surface area contributed by atoms with Crippen molar-refractivity contribution in [2.45, 2.75) is 56.7 Å². The lowest BCUT2D eigenvalue weighted by molar-refractivity contribution is -0.130. The Balaban J connectivity index is 1.68. The number of carbonyl (C=O) groups is 2. The number of nitrogens with zero attached hydrogens (tertiary/aromatic N) is 2. The van der Waals surface area contributed by atoms with Crippen LogP contribution in [0.4, 0.5) is 5.69 Å². The van der Waals surface area contributed by atoms with Crippen LogP contribution in [0.5, 0.6) is 0 Å². The number of thioether (sulfide) groups is 1. The van der Waals surface area contributed by atoms with Crippen LogP contribution in [0.15, 0.2) is 23.2 Å². The largest absolute Gasteiger partial charge is 0.325 e. The summed E-state index contributed by atoms with van der Waals surface area (Å²) in [7, 11) is 0. The number of carbonyl (C=O) groups excluding carboxylic acids is 2. The summed E-state index contributed by atoms with van der Waals surface area (Å²) < 4.78 is 0. The lowest BCUT2D eigenvalue weighted by Gasteiger charge is -2.30. The van der Waals surface area contributed by atoms with Crippen LogP contribution in [0.3, 0.4) is 0 Å². The molecular weight excluding hydrogens is 405 g/mol. The molecule has 2 aliphatic rings. The second kappa shape index (κ2) is 9.30. The van der Waals surface area contributed by atoms with Crippen molar-refractivity contribution in [3.05, 3.63) is 28.2 Å². The van der Waals surface area contributed by atoms with Crippen molar-refractivity contribution in [2.75, 3.05) is 11.9 Å². The van der Waals surface area contributed by atoms with Gasteiger partial charge in [-0.1, -0.05) is 54.2 Å². The summed E-state index contributed by atoms with van der Waals surface area (Å²) in [6.45, 7) is 2.58. The zero-order chi connectivity index (χ0) is 19.4. The van der Waals surface area contributed by atoms with Crippen molar-refractivity contribution >= 4 is 57.6 Å². The van der Waals surface area contributed by atoms with Crippen LogP contribution in [0.25, 0.3) is 0 Å². The van der Waals surface area contributed by atoms with E-state index in [-0.39, 0.29) is 24.3 Å². The van der Waals surface area contributed by atoms with Gasteiger partial charge >= 0.3 is 0 Å². The molecule has 2 amide bonds. The highest BCUT2D eigenvalue weighted by atomic mass is 35.5. The summed E-state index contributed by atoms with van der Waals surface area (Å²) in [6, 6.07) is 5.10. The summed E-state index contributed by atoms with van der Waals surface area (Å²) in [5, 5.41) is 3.97. The van der Waals surface area contributed by atoms with Crippen LogP contribution in [0.2, 0.25) is 10.0 Å². The van der Waals surface area contributed by atoms with Gasteiger partial charge in [-0.15, -0.1) is 0 Å². The Morgan fingerprint density at radius 2 is 2.04 bits per heavy atom. The SMILES string of the molecule is CCN=C1S[C@@H](CC(=O)Nc2ccc(Cl)cc2Cl)C(=O)N1C1CCCCC1. The first kappa shape index (κ1) is 20.5. The van der Waals surface area contributed by atoms with Gasteiger partial charge in [-0.2, -0.15) is 0 Å². The highest BCUT2D eigenvalue weighted by Crippen LogP contribution is 2.35. The molecule has 2 fully saturated rings. The van der Waals surface area contributed by atoms with Gasteiger partial charge in [-0.05, 0) is 38.0 Å². The maximum Gasteiger partial charge on any atom is 0.242 e. The van der Waals surface area contributed by atoms with E-state index in [9.17, 15) is 9.59 Å². The van der Waals surface area contributed by atoms with Crippen molar-refractivity contribution in [3.8, 4) is 0 Å². The summed E-state index contributed by atoms with van der Waals surface area (Å²) in [6.07, 6.45) is 5.61. The average molecular weight is 428 g/mol. The van der Waals surface area contributed by atoms with Gasteiger partial charge in [0.15, 0.2) is 5.17 Å². The van der Waals surface area contributed by atoms with Gasteiger partial charge in [-0.3, -0.25) is 19.5 Å². The standard InChI is InChI=1S/C19H23Cl2N3O2S/c1-2-22-19-24(13-6-4-3-5-7-13)18(26)16(27-19)11-17(25)23-15-9-8-12(20)10-14(15)21/h8-10,13,16H,2-7,11H2,1H3,(H,23,25)/t16-/m0/s1. The highest BCUT2D eigenvalue weighted by Gasteiger charge is 2.42. The maximum absolute atomic E-state index is 13.0. The van der Waals surface area contributed by atoms with Gasteiger partial charge in [0.05, 0.1) is 10.7 Å². The second-order valence-corrected chi connectivity index (χ2v) is 8.75. The lowest BCUT2D eigenvalue weighted by Crippen LogP contribution is -2.42. The van der Waals surface area contributed by atoms with Gasteiger partial charge < -0.3 is 5.32 Å². The van der Waals surface area contributed by atoms with Gasteiger partial charge in [0.2, 0.25) is 11.8 Å². The number of nitrogens with one attached hydrogen (secondary N) is 1. The molecule has 0 radical (unpaired) electrons. The van der Waals surface area contributed by atoms with Gasteiger partial charge in [0.25, 0.3) is 0 Å². The Bertz CT molecular complexity index is 750. The molecule has 1 N–H and O–H groups in total. The number of amides is 2. The van der Waals surface area contributed by atoms with Crippen LogP contribution < -0.4 is 5.32 Å². The van der Waals surface area contributed by atoms with Gasteiger partial charge in [0, 0.05) is 24.0 Å². The van der Waals surface area contributed by atoms with Crippen molar-refractivity contribution in [2.24, 2.45) is 4.99 Å². The summed E-state index contributed by atoms with van der Waals surface area (Å²) in [4.78, 5) is 31.8. The molecule has 8 heteroatoms. The normalized spacial score (nSPS) is 22.5. The van der Waals surface area contributed by atoms with Crippen LogP contribution in [0, 0.1) is 0 Å². The molecule has 1 atom stereocenters.